The zero-order valence-electron chi connectivity index (χ0n) is 18.4. The van der Waals surface area contributed by atoms with Crippen molar-refractivity contribution in [3.63, 3.8) is 0 Å². The van der Waals surface area contributed by atoms with Gasteiger partial charge in [0, 0.05) is 42.2 Å². The minimum absolute atomic E-state index is 0. The molecule has 1 fully saturated rings. The predicted molar refractivity (Wildman–Crippen MR) is 132 cm³/mol. The fourth-order valence-electron chi connectivity index (χ4n) is 4.55. The largest absolute Gasteiger partial charge is 0.494 e. The number of methoxy groups -OCH3 is 1. The summed E-state index contributed by atoms with van der Waals surface area (Å²) < 4.78 is 18.8. The fraction of sp³-hybridized carbons (Fsp3) is 0.360. The van der Waals surface area contributed by atoms with Gasteiger partial charge in [-0.15, -0.1) is 0 Å². The van der Waals surface area contributed by atoms with Gasteiger partial charge in [-0.3, -0.25) is 4.79 Å². The minimum Gasteiger partial charge on any atom is -0.494 e. The van der Waals surface area contributed by atoms with Gasteiger partial charge in [0.2, 0.25) is 0 Å². The Balaban J connectivity index is 0.00000259. The molecule has 6 nitrogen and oxygen atoms in total. The van der Waals surface area contributed by atoms with E-state index in [1.807, 2.05) is 53.2 Å². The van der Waals surface area contributed by atoms with Crippen LogP contribution in [-0.4, -0.2) is 42.2 Å². The Morgan fingerprint density at radius 1 is 1.09 bits per heavy atom. The summed E-state index contributed by atoms with van der Waals surface area (Å²) in [7, 11) is 1.66. The molecule has 2 aromatic carbocycles. The van der Waals surface area contributed by atoms with Crippen LogP contribution in [0.25, 0.3) is 16.9 Å². The van der Waals surface area contributed by atoms with E-state index in [9.17, 15) is 4.79 Å². The first-order valence-electron chi connectivity index (χ1n) is 10.9. The highest BCUT2D eigenvalue weighted by atomic mass is 35.5. The third kappa shape index (κ3) is 4.76. The molecule has 1 aliphatic carbocycles. The lowest BCUT2D eigenvalue weighted by molar-refractivity contribution is -0.156. The first-order chi connectivity index (χ1) is 15.6. The Kier molecular flexibility index (Phi) is 7.32. The van der Waals surface area contributed by atoms with Crippen molar-refractivity contribution in [2.24, 2.45) is 5.92 Å². The molecule has 0 bridgehead atoms. The molecule has 0 N–H and O–H groups in total. The van der Waals surface area contributed by atoms with Crippen LogP contribution in [0, 0.1) is 5.92 Å². The zero-order valence-corrected chi connectivity index (χ0v) is 20.2. The molecule has 1 aliphatic heterocycles. The Bertz CT molecular complexity index is 1130. The van der Waals surface area contributed by atoms with Crippen molar-refractivity contribution in [1.82, 2.24) is 9.78 Å². The van der Waals surface area contributed by atoms with Gasteiger partial charge in [0.05, 0.1) is 24.4 Å². The standard InChI is InChI=1S/C25H25ClN2O4.H2S/c1-30-23-5-3-2-4-22(23)28-24(16-6-8-18(26)9-7-16)20-14-19(15-21(20)27-28)32-25(29)17-10-12-31-13-11-17;/h2-9,17,19H,10-15H2,1H3;1H2/t19-;/m0./s1. The van der Waals surface area contributed by atoms with Gasteiger partial charge < -0.3 is 14.2 Å². The van der Waals surface area contributed by atoms with E-state index in [0.717, 1.165) is 46.8 Å². The minimum atomic E-state index is -0.193. The molecule has 0 amide bonds. The number of benzene rings is 2. The number of esters is 1. The van der Waals surface area contributed by atoms with Gasteiger partial charge in [0.1, 0.15) is 17.5 Å². The van der Waals surface area contributed by atoms with Crippen molar-refractivity contribution in [3.05, 3.63) is 64.8 Å². The van der Waals surface area contributed by atoms with Gasteiger partial charge in [-0.1, -0.05) is 35.9 Å². The molecule has 0 spiro atoms. The van der Waals surface area contributed by atoms with Crippen molar-refractivity contribution in [2.75, 3.05) is 20.3 Å². The Morgan fingerprint density at radius 3 is 2.55 bits per heavy atom. The van der Waals surface area contributed by atoms with E-state index in [1.165, 1.54) is 0 Å². The quantitative estimate of drug-likeness (QED) is 0.487. The number of halogens is 1. The number of carbonyl (C=O) groups is 1. The van der Waals surface area contributed by atoms with Gasteiger partial charge in [-0.2, -0.15) is 18.6 Å². The highest BCUT2D eigenvalue weighted by molar-refractivity contribution is 7.59. The van der Waals surface area contributed by atoms with Crippen LogP contribution >= 0.6 is 25.1 Å². The highest BCUT2D eigenvalue weighted by Gasteiger charge is 2.34. The summed E-state index contributed by atoms with van der Waals surface area (Å²) in [5.74, 6) is 0.557. The molecule has 3 aromatic rings. The Labute approximate surface area is 205 Å². The second kappa shape index (κ2) is 10.2. The van der Waals surface area contributed by atoms with Gasteiger partial charge >= 0.3 is 5.97 Å². The molecule has 0 saturated carbocycles. The molecular weight excluding hydrogens is 460 g/mol. The number of para-hydroxylation sites is 2. The molecule has 5 rings (SSSR count). The van der Waals surface area contributed by atoms with Crippen molar-refractivity contribution in [1.29, 1.82) is 0 Å². The third-order valence-electron chi connectivity index (χ3n) is 6.19. The topological polar surface area (TPSA) is 62.6 Å². The lowest BCUT2D eigenvalue weighted by Crippen LogP contribution is -2.29. The van der Waals surface area contributed by atoms with E-state index in [1.54, 1.807) is 7.11 Å². The summed E-state index contributed by atoms with van der Waals surface area (Å²) in [5, 5.41) is 5.61. The third-order valence-corrected chi connectivity index (χ3v) is 6.44. The first kappa shape index (κ1) is 23.7. The van der Waals surface area contributed by atoms with Crippen molar-refractivity contribution in [2.45, 2.75) is 31.8 Å². The van der Waals surface area contributed by atoms with E-state index in [-0.39, 0.29) is 31.5 Å². The van der Waals surface area contributed by atoms with Crippen LogP contribution in [0.15, 0.2) is 48.5 Å². The van der Waals surface area contributed by atoms with Crippen LogP contribution < -0.4 is 4.74 Å². The fourth-order valence-corrected chi connectivity index (χ4v) is 4.68. The number of nitrogens with zero attached hydrogens (tertiary/aromatic N) is 2. The van der Waals surface area contributed by atoms with Gasteiger partial charge in [-0.25, -0.2) is 4.68 Å². The lowest BCUT2D eigenvalue weighted by Gasteiger charge is -2.22. The summed E-state index contributed by atoms with van der Waals surface area (Å²) in [6, 6.07) is 15.6. The van der Waals surface area contributed by atoms with Crippen LogP contribution in [-0.2, 0) is 27.1 Å². The van der Waals surface area contributed by atoms with E-state index in [0.29, 0.717) is 31.1 Å². The summed E-state index contributed by atoms with van der Waals surface area (Å²) >= 11 is 6.14. The van der Waals surface area contributed by atoms with Crippen molar-refractivity contribution >= 4 is 31.1 Å². The van der Waals surface area contributed by atoms with E-state index < -0.39 is 0 Å². The van der Waals surface area contributed by atoms with E-state index >= 15 is 0 Å². The van der Waals surface area contributed by atoms with Crippen LogP contribution in [0.5, 0.6) is 5.75 Å². The maximum Gasteiger partial charge on any atom is 0.309 e. The molecule has 0 radical (unpaired) electrons. The van der Waals surface area contributed by atoms with Crippen molar-refractivity contribution in [3.8, 4) is 22.7 Å². The smallest absolute Gasteiger partial charge is 0.309 e. The maximum absolute atomic E-state index is 12.7. The number of hydrogen-bond acceptors (Lipinski definition) is 5. The molecule has 2 aliphatic rings. The molecular formula is C25H27ClN2O4S. The monoisotopic (exact) mass is 486 g/mol. The number of hydrogen-bond donors (Lipinski definition) is 0. The normalized spacial score (nSPS) is 17.8. The Morgan fingerprint density at radius 2 is 1.82 bits per heavy atom. The van der Waals surface area contributed by atoms with Crippen LogP contribution in [0.2, 0.25) is 5.02 Å². The van der Waals surface area contributed by atoms with E-state index in [2.05, 4.69) is 0 Å². The number of fused-ring (bicyclic) bond motifs is 1. The molecule has 2 heterocycles. The average Bonchev–Trinajstić information content (AvgIpc) is 3.37. The predicted octanol–water partition coefficient (Wildman–Crippen LogP) is 4.75. The second-order valence-corrected chi connectivity index (χ2v) is 8.65. The van der Waals surface area contributed by atoms with Crippen LogP contribution in [0.4, 0.5) is 0 Å². The second-order valence-electron chi connectivity index (χ2n) is 8.22. The number of rotatable bonds is 5. The zero-order chi connectivity index (χ0) is 22.1. The molecule has 1 aromatic heterocycles. The molecule has 1 saturated heterocycles. The van der Waals surface area contributed by atoms with Crippen LogP contribution in [0.3, 0.4) is 0 Å². The van der Waals surface area contributed by atoms with Gasteiger partial charge in [0.15, 0.2) is 0 Å². The Hall–Kier alpha value is -2.48. The molecule has 8 heteroatoms. The summed E-state index contributed by atoms with van der Waals surface area (Å²) in [6.07, 6.45) is 2.51. The number of carbonyl (C=O) groups excluding carboxylic acids is 1. The summed E-state index contributed by atoms with van der Waals surface area (Å²) in [4.78, 5) is 12.7. The first-order valence-corrected chi connectivity index (χ1v) is 11.3. The summed E-state index contributed by atoms with van der Waals surface area (Å²) in [6.45, 7) is 1.24. The highest BCUT2D eigenvalue weighted by Crippen LogP contribution is 2.38. The summed E-state index contributed by atoms with van der Waals surface area (Å²) in [5.41, 5.74) is 4.90. The average molecular weight is 487 g/mol. The number of aromatic nitrogens is 2. The number of ether oxygens (including phenoxy) is 3. The van der Waals surface area contributed by atoms with E-state index in [4.69, 9.17) is 30.9 Å². The van der Waals surface area contributed by atoms with Crippen LogP contribution in [0.1, 0.15) is 24.1 Å². The molecule has 33 heavy (non-hydrogen) atoms. The van der Waals surface area contributed by atoms with Gasteiger partial charge in [-0.05, 0) is 37.1 Å². The molecule has 0 unspecified atom stereocenters. The molecule has 1 atom stereocenters. The lowest BCUT2D eigenvalue weighted by atomic mass is 10.0. The van der Waals surface area contributed by atoms with Crippen molar-refractivity contribution < 1.29 is 19.0 Å². The molecule has 174 valence electrons. The van der Waals surface area contributed by atoms with Gasteiger partial charge in [0.25, 0.3) is 0 Å². The SMILES string of the molecule is COc1ccccc1-n1nc2c(c1-c1ccc(Cl)cc1)C[C@H](OC(=O)C1CCOCC1)C2.S. The maximum atomic E-state index is 12.7.